The molecule has 0 aliphatic carbocycles. The van der Waals surface area contributed by atoms with Gasteiger partial charge >= 0.3 is 0 Å². The first-order valence-electron chi connectivity index (χ1n) is 5.52. The number of aryl methyl sites for hydroxylation is 1. The maximum Gasteiger partial charge on any atom is 0.224 e. The van der Waals surface area contributed by atoms with Crippen molar-refractivity contribution >= 4 is 23.2 Å². The summed E-state index contributed by atoms with van der Waals surface area (Å²) in [5, 5.41) is 6.09. The Balaban J connectivity index is 2.02. The minimum absolute atomic E-state index is 0.151. The fourth-order valence-electron chi connectivity index (χ4n) is 1.70. The van der Waals surface area contributed by atoms with Crippen molar-refractivity contribution in [3.8, 4) is 0 Å². The molecule has 1 aliphatic rings. The van der Waals surface area contributed by atoms with Crippen LogP contribution in [0.1, 0.15) is 12.0 Å². The van der Waals surface area contributed by atoms with Crippen LogP contribution in [0, 0.1) is 18.7 Å². The molecule has 1 aliphatic heterocycles. The van der Waals surface area contributed by atoms with Crippen LogP contribution in [-0.2, 0) is 4.79 Å². The third-order valence-electron chi connectivity index (χ3n) is 2.86. The molecule has 1 aromatic carbocycles. The average Bonchev–Trinajstić information content (AvgIpc) is 2.20. The lowest BCUT2D eigenvalue weighted by molar-refractivity contribution is -0.117. The van der Waals surface area contributed by atoms with Crippen LogP contribution in [0.15, 0.2) is 12.1 Å². The molecule has 0 aromatic heterocycles. The van der Waals surface area contributed by atoms with Crippen LogP contribution in [-0.4, -0.2) is 19.0 Å². The summed E-state index contributed by atoms with van der Waals surface area (Å²) in [6.45, 7) is 3.42. The van der Waals surface area contributed by atoms with Crippen molar-refractivity contribution in [1.82, 2.24) is 5.32 Å². The number of hydrogen-bond acceptors (Lipinski definition) is 2. The SMILES string of the molecule is Cc1cc(F)c(NC(=O)CC2CNC2)cc1Cl. The normalized spacial score (nSPS) is 15.5. The van der Waals surface area contributed by atoms with Gasteiger partial charge in [-0.25, -0.2) is 4.39 Å². The third kappa shape index (κ3) is 2.96. The van der Waals surface area contributed by atoms with Gasteiger partial charge in [0.15, 0.2) is 0 Å². The number of nitrogens with one attached hydrogen (secondary N) is 2. The number of amides is 1. The summed E-state index contributed by atoms with van der Waals surface area (Å²) in [4.78, 5) is 11.6. The van der Waals surface area contributed by atoms with Crippen molar-refractivity contribution in [1.29, 1.82) is 0 Å². The number of halogens is 2. The lowest BCUT2D eigenvalue weighted by Crippen LogP contribution is -2.43. The van der Waals surface area contributed by atoms with Crippen molar-refractivity contribution in [3.63, 3.8) is 0 Å². The molecule has 3 nitrogen and oxygen atoms in total. The topological polar surface area (TPSA) is 41.1 Å². The van der Waals surface area contributed by atoms with Crippen LogP contribution in [0.2, 0.25) is 5.02 Å². The molecule has 0 bridgehead atoms. The molecule has 0 unspecified atom stereocenters. The van der Waals surface area contributed by atoms with Gasteiger partial charge in [-0.2, -0.15) is 0 Å². The highest BCUT2D eigenvalue weighted by Crippen LogP contribution is 2.24. The lowest BCUT2D eigenvalue weighted by Gasteiger charge is -2.26. The van der Waals surface area contributed by atoms with Crippen molar-refractivity contribution < 1.29 is 9.18 Å². The molecule has 2 N–H and O–H groups in total. The van der Waals surface area contributed by atoms with Crippen LogP contribution in [0.3, 0.4) is 0 Å². The number of hydrogen-bond donors (Lipinski definition) is 2. The predicted octanol–water partition coefficient (Wildman–Crippen LogP) is 2.34. The van der Waals surface area contributed by atoms with Gasteiger partial charge in [-0.15, -0.1) is 0 Å². The fourth-order valence-corrected chi connectivity index (χ4v) is 1.86. The standard InChI is InChI=1S/C12H14ClFN2O/c1-7-2-10(14)11(4-9(7)13)16-12(17)3-8-5-15-6-8/h2,4,8,15H,3,5-6H2,1H3,(H,16,17). The molecule has 2 rings (SSSR count). The van der Waals surface area contributed by atoms with Gasteiger partial charge in [-0.3, -0.25) is 4.79 Å². The Kier molecular flexibility index (Phi) is 3.64. The van der Waals surface area contributed by atoms with E-state index in [1.807, 2.05) is 0 Å². The average molecular weight is 257 g/mol. The van der Waals surface area contributed by atoms with Crippen molar-refractivity contribution in [2.24, 2.45) is 5.92 Å². The molecule has 0 spiro atoms. The summed E-state index contributed by atoms with van der Waals surface area (Å²) in [6, 6.07) is 2.77. The zero-order valence-electron chi connectivity index (χ0n) is 9.52. The Labute approximate surface area is 104 Å². The molecule has 0 saturated carbocycles. The highest BCUT2D eigenvalue weighted by atomic mass is 35.5. The molecule has 5 heteroatoms. The van der Waals surface area contributed by atoms with E-state index in [1.54, 1.807) is 6.92 Å². The molecule has 1 amide bonds. The van der Waals surface area contributed by atoms with Crippen molar-refractivity contribution in [2.45, 2.75) is 13.3 Å². The van der Waals surface area contributed by atoms with E-state index >= 15 is 0 Å². The third-order valence-corrected chi connectivity index (χ3v) is 3.27. The van der Waals surface area contributed by atoms with E-state index in [4.69, 9.17) is 11.6 Å². The fraction of sp³-hybridized carbons (Fsp3) is 0.417. The number of rotatable bonds is 3. The van der Waals surface area contributed by atoms with Gasteiger partial charge in [0.2, 0.25) is 5.91 Å². The van der Waals surface area contributed by atoms with E-state index in [9.17, 15) is 9.18 Å². The molecule has 92 valence electrons. The molecule has 1 heterocycles. The number of benzene rings is 1. The van der Waals surface area contributed by atoms with Gasteiger partial charge in [0, 0.05) is 11.4 Å². The molecule has 1 saturated heterocycles. The Hall–Kier alpha value is -1.13. The molecule has 1 aromatic rings. The summed E-state index contributed by atoms with van der Waals surface area (Å²) in [7, 11) is 0. The minimum atomic E-state index is -0.452. The summed E-state index contributed by atoms with van der Waals surface area (Å²) in [5.74, 6) is -0.263. The van der Waals surface area contributed by atoms with Gasteiger partial charge in [0.25, 0.3) is 0 Å². The van der Waals surface area contributed by atoms with E-state index in [2.05, 4.69) is 10.6 Å². The molecule has 0 atom stereocenters. The highest BCUT2D eigenvalue weighted by Gasteiger charge is 2.20. The van der Waals surface area contributed by atoms with Gasteiger partial charge in [0.05, 0.1) is 5.69 Å². The van der Waals surface area contributed by atoms with Crippen LogP contribution in [0.4, 0.5) is 10.1 Å². The summed E-state index contributed by atoms with van der Waals surface area (Å²) in [5.41, 5.74) is 0.809. The van der Waals surface area contributed by atoms with E-state index in [0.717, 1.165) is 13.1 Å². The zero-order valence-corrected chi connectivity index (χ0v) is 10.3. The van der Waals surface area contributed by atoms with E-state index in [-0.39, 0.29) is 11.6 Å². The smallest absolute Gasteiger partial charge is 0.224 e. The first-order chi connectivity index (χ1) is 8.06. The number of carbonyl (C=O) groups is 1. The molecule has 17 heavy (non-hydrogen) atoms. The second kappa shape index (κ2) is 5.02. The highest BCUT2D eigenvalue weighted by molar-refractivity contribution is 6.31. The summed E-state index contributed by atoms with van der Waals surface area (Å²) < 4.78 is 13.5. The Morgan fingerprint density at radius 2 is 2.29 bits per heavy atom. The van der Waals surface area contributed by atoms with Gasteiger partial charge < -0.3 is 10.6 Å². The molecular formula is C12H14ClFN2O. The Bertz CT molecular complexity index is 446. The molecule has 0 radical (unpaired) electrons. The van der Waals surface area contributed by atoms with Crippen molar-refractivity contribution in [2.75, 3.05) is 18.4 Å². The maximum absolute atomic E-state index is 13.5. The lowest BCUT2D eigenvalue weighted by atomic mass is 9.99. The molecule has 1 fully saturated rings. The first-order valence-corrected chi connectivity index (χ1v) is 5.90. The zero-order chi connectivity index (χ0) is 12.4. The van der Waals surface area contributed by atoms with Gasteiger partial charge in [0.1, 0.15) is 5.82 Å². The first kappa shape index (κ1) is 12.3. The predicted molar refractivity (Wildman–Crippen MR) is 65.8 cm³/mol. The van der Waals surface area contributed by atoms with E-state index in [0.29, 0.717) is 22.9 Å². The Morgan fingerprint density at radius 1 is 1.59 bits per heavy atom. The largest absolute Gasteiger partial charge is 0.324 e. The van der Waals surface area contributed by atoms with Crippen LogP contribution in [0.25, 0.3) is 0 Å². The van der Waals surface area contributed by atoms with Gasteiger partial charge in [-0.1, -0.05) is 11.6 Å². The second-order valence-electron chi connectivity index (χ2n) is 4.36. The summed E-state index contributed by atoms with van der Waals surface area (Å²) in [6.07, 6.45) is 0.415. The summed E-state index contributed by atoms with van der Waals surface area (Å²) >= 11 is 5.89. The quantitative estimate of drug-likeness (QED) is 0.872. The van der Waals surface area contributed by atoms with Crippen LogP contribution < -0.4 is 10.6 Å². The van der Waals surface area contributed by atoms with E-state index < -0.39 is 5.82 Å². The Morgan fingerprint density at radius 3 is 2.88 bits per heavy atom. The van der Waals surface area contributed by atoms with Crippen molar-refractivity contribution in [3.05, 3.63) is 28.5 Å². The van der Waals surface area contributed by atoms with Gasteiger partial charge in [-0.05, 0) is 43.6 Å². The second-order valence-corrected chi connectivity index (χ2v) is 4.77. The van der Waals surface area contributed by atoms with Crippen LogP contribution in [0.5, 0.6) is 0 Å². The monoisotopic (exact) mass is 256 g/mol. The number of anilines is 1. The number of carbonyl (C=O) groups excluding carboxylic acids is 1. The van der Waals surface area contributed by atoms with E-state index in [1.165, 1.54) is 12.1 Å². The minimum Gasteiger partial charge on any atom is -0.324 e. The maximum atomic E-state index is 13.5. The van der Waals surface area contributed by atoms with Crippen LogP contribution >= 0.6 is 11.6 Å². The molecular weight excluding hydrogens is 243 g/mol.